The fraction of sp³-hybridized carbons (Fsp3) is 0.389. The van der Waals surface area contributed by atoms with E-state index in [0.29, 0.717) is 0 Å². The van der Waals surface area contributed by atoms with Crippen molar-refractivity contribution in [2.24, 2.45) is 0 Å². The predicted molar refractivity (Wildman–Crippen MR) is 103 cm³/mol. The first-order chi connectivity index (χ1) is 11.7. The molecule has 0 radical (unpaired) electrons. The molecule has 2 aromatic heterocycles. The quantitative estimate of drug-likeness (QED) is 0.770. The van der Waals surface area contributed by atoms with E-state index in [1.165, 1.54) is 17.2 Å². The van der Waals surface area contributed by atoms with Crippen LogP contribution in [0.4, 0.5) is 0 Å². The number of nitrogens with zero attached hydrogens (tertiary/aromatic N) is 3. The van der Waals surface area contributed by atoms with E-state index in [9.17, 15) is 0 Å². The Kier molecular flexibility index (Phi) is 4.90. The van der Waals surface area contributed by atoms with Crippen molar-refractivity contribution in [3.63, 3.8) is 0 Å². The standard InChI is InChI=1S/C18H19Cl2N3S/c19-14-3-1-13(2-4-14)18-16(12-22-7-9-24-10-8-22)23-11-15(20)5-6-17(23)21-18/h1,3-6,11,13H,2,7-10,12H2. The summed E-state index contributed by atoms with van der Waals surface area (Å²) in [7, 11) is 0. The molecule has 6 heteroatoms. The Labute approximate surface area is 156 Å². The molecular weight excluding hydrogens is 361 g/mol. The Bertz CT molecular complexity index is 806. The number of aromatic nitrogens is 2. The first-order valence-corrected chi connectivity index (χ1v) is 10.1. The molecule has 1 saturated heterocycles. The Balaban J connectivity index is 1.74. The average Bonchev–Trinajstić information content (AvgIpc) is 2.94. The van der Waals surface area contributed by atoms with Crippen molar-refractivity contribution < 1.29 is 0 Å². The molecule has 0 aromatic carbocycles. The zero-order valence-electron chi connectivity index (χ0n) is 13.3. The van der Waals surface area contributed by atoms with Crippen molar-refractivity contribution >= 4 is 40.6 Å². The summed E-state index contributed by atoms with van der Waals surface area (Å²) in [5, 5.41) is 1.55. The molecule has 2 aliphatic rings. The maximum absolute atomic E-state index is 6.24. The molecule has 1 aliphatic heterocycles. The zero-order chi connectivity index (χ0) is 16.5. The van der Waals surface area contributed by atoms with Crippen LogP contribution in [0.5, 0.6) is 0 Å². The molecule has 126 valence electrons. The molecule has 1 aliphatic carbocycles. The first-order valence-electron chi connectivity index (χ1n) is 8.21. The van der Waals surface area contributed by atoms with Crippen LogP contribution in [0.3, 0.4) is 0 Å². The number of hydrogen-bond acceptors (Lipinski definition) is 3. The molecule has 3 nitrogen and oxygen atoms in total. The lowest BCUT2D eigenvalue weighted by molar-refractivity contribution is 0.289. The minimum atomic E-state index is 0.278. The van der Waals surface area contributed by atoms with Crippen LogP contribution in [0.1, 0.15) is 23.7 Å². The van der Waals surface area contributed by atoms with Gasteiger partial charge in [-0.15, -0.1) is 0 Å². The largest absolute Gasteiger partial charge is 0.301 e. The lowest BCUT2D eigenvalue weighted by Crippen LogP contribution is -2.32. The number of allylic oxidation sites excluding steroid dienone is 4. The van der Waals surface area contributed by atoms with Gasteiger partial charge in [0.1, 0.15) is 5.65 Å². The van der Waals surface area contributed by atoms with Crippen LogP contribution in [0.15, 0.2) is 41.6 Å². The van der Waals surface area contributed by atoms with E-state index in [0.717, 1.165) is 47.5 Å². The second-order valence-corrected chi connectivity index (χ2v) is 8.30. The van der Waals surface area contributed by atoms with E-state index in [2.05, 4.69) is 21.5 Å². The molecule has 3 heterocycles. The van der Waals surface area contributed by atoms with Crippen molar-refractivity contribution in [1.82, 2.24) is 14.3 Å². The highest BCUT2D eigenvalue weighted by Gasteiger charge is 2.23. The van der Waals surface area contributed by atoms with Gasteiger partial charge < -0.3 is 4.40 Å². The molecular formula is C18H19Cl2N3S. The van der Waals surface area contributed by atoms with Crippen LogP contribution in [0.25, 0.3) is 5.65 Å². The Morgan fingerprint density at radius 3 is 2.79 bits per heavy atom. The number of rotatable bonds is 3. The minimum Gasteiger partial charge on any atom is -0.301 e. The first kappa shape index (κ1) is 16.5. The van der Waals surface area contributed by atoms with E-state index < -0.39 is 0 Å². The predicted octanol–water partition coefficient (Wildman–Crippen LogP) is 4.70. The monoisotopic (exact) mass is 379 g/mol. The van der Waals surface area contributed by atoms with Gasteiger partial charge in [-0.2, -0.15) is 11.8 Å². The second kappa shape index (κ2) is 7.12. The normalized spacial score (nSPS) is 22.1. The van der Waals surface area contributed by atoms with Crippen molar-refractivity contribution in [1.29, 1.82) is 0 Å². The fourth-order valence-corrected chi connectivity index (χ4v) is 4.61. The van der Waals surface area contributed by atoms with E-state index >= 15 is 0 Å². The SMILES string of the molecule is ClC1=CCC(c2nc3ccc(Cl)cn3c2CN2CCSCC2)C=C1. The summed E-state index contributed by atoms with van der Waals surface area (Å²) in [6.45, 7) is 3.17. The fourth-order valence-electron chi connectivity index (χ4n) is 3.31. The van der Waals surface area contributed by atoms with Gasteiger partial charge in [0.25, 0.3) is 0 Å². The topological polar surface area (TPSA) is 20.5 Å². The molecule has 0 saturated carbocycles. The summed E-state index contributed by atoms with van der Waals surface area (Å²) >= 11 is 14.4. The van der Waals surface area contributed by atoms with Crippen LogP contribution >= 0.6 is 35.0 Å². The number of pyridine rings is 1. The number of hydrogen-bond donors (Lipinski definition) is 0. The van der Waals surface area contributed by atoms with Crippen molar-refractivity contribution in [2.45, 2.75) is 18.9 Å². The van der Waals surface area contributed by atoms with Gasteiger partial charge in [0.05, 0.1) is 16.4 Å². The third-order valence-corrected chi connectivity index (χ3v) is 6.04. The third-order valence-electron chi connectivity index (χ3n) is 4.60. The lowest BCUT2D eigenvalue weighted by atomic mass is 9.95. The van der Waals surface area contributed by atoms with E-state index in [1.807, 2.05) is 36.2 Å². The number of thioether (sulfide) groups is 1. The van der Waals surface area contributed by atoms with Gasteiger partial charge in [0.15, 0.2) is 0 Å². The Hall–Kier alpha value is -0.940. The summed E-state index contributed by atoms with van der Waals surface area (Å²) in [4.78, 5) is 7.43. The number of fused-ring (bicyclic) bond motifs is 1. The van der Waals surface area contributed by atoms with Crippen molar-refractivity contribution in [3.05, 3.63) is 58.0 Å². The molecule has 1 atom stereocenters. The Morgan fingerprint density at radius 2 is 2.04 bits per heavy atom. The molecule has 0 spiro atoms. The summed E-state index contributed by atoms with van der Waals surface area (Å²) in [5.74, 6) is 2.68. The van der Waals surface area contributed by atoms with Gasteiger partial charge in [-0.25, -0.2) is 4.98 Å². The molecule has 0 bridgehead atoms. The minimum absolute atomic E-state index is 0.278. The molecule has 4 rings (SSSR count). The molecule has 24 heavy (non-hydrogen) atoms. The Morgan fingerprint density at radius 1 is 1.21 bits per heavy atom. The van der Waals surface area contributed by atoms with Gasteiger partial charge in [-0.3, -0.25) is 4.90 Å². The summed E-state index contributed by atoms with van der Waals surface area (Å²) < 4.78 is 2.16. The molecule has 0 N–H and O–H groups in total. The van der Waals surface area contributed by atoms with Gasteiger partial charge in [-0.1, -0.05) is 35.4 Å². The molecule has 1 fully saturated rings. The van der Waals surface area contributed by atoms with E-state index in [-0.39, 0.29) is 5.92 Å². The summed E-state index contributed by atoms with van der Waals surface area (Å²) in [6.07, 6.45) is 9.10. The van der Waals surface area contributed by atoms with E-state index in [1.54, 1.807) is 0 Å². The maximum atomic E-state index is 6.24. The maximum Gasteiger partial charge on any atom is 0.137 e. The van der Waals surface area contributed by atoms with Crippen LogP contribution in [-0.4, -0.2) is 38.9 Å². The van der Waals surface area contributed by atoms with Gasteiger partial charge in [-0.05, 0) is 24.6 Å². The van der Waals surface area contributed by atoms with Crippen LogP contribution in [0, 0.1) is 0 Å². The van der Waals surface area contributed by atoms with Crippen LogP contribution < -0.4 is 0 Å². The number of halogens is 2. The van der Waals surface area contributed by atoms with E-state index in [4.69, 9.17) is 28.2 Å². The van der Waals surface area contributed by atoms with Crippen LogP contribution in [0.2, 0.25) is 5.02 Å². The van der Waals surface area contributed by atoms with Gasteiger partial charge in [0, 0.05) is 48.3 Å². The van der Waals surface area contributed by atoms with Crippen molar-refractivity contribution in [3.8, 4) is 0 Å². The third kappa shape index (κ3) is 3.38. The van der Waals surface area contributed by atoms with Crippen molar-refractivity contribution in [2.75, 3.05) is 24.6 Å². The average molecular weight is 380 g/mol. The summed E-state index contributed by atoms with van der Waals surface area (Å²) in [6, 6.07) is 3.90. The molecule has 0 amide bonds. The number of imidazole rings is 1. The summed E-state index contributed by atoms with van der Waals surface area (Å²) in [5.41, 5.74) is 3.36. The highest BCUT2D eigenvalue weighted by molar-refractivity contribution is 7.99. The van der Waals surface area contributed by atoms with Gasteiger partial charge >= 0.3 is 0 Å². The van der Waals surface area contributed by atoms with Gasteiger partial charge in [0.2, 0.25) is 0 Å². The molecule has 1 unspecified atom stereocenters. The highest BCUT2D eigenvalue weighted by Crippen LogP contribution is 2.31. The van der Waals surface area contributed by atoms with Crippen LogP contribution in [-0.2, 0) is 6.54 Å². The highest BCUT2D eigenvalue weighted by atomic mass is 35.5. The smallest absolute Gasteiger partial charge is 0.137 e. The lowest BCUT2D eigenvalue weighted by Gasteiger charge is -2.27. The second-order valence-electron chi connectivity index (χ2n) is 6.20. The molecule has 2 aromatic rings. The zero-order valence-corrected chi connectivity index (χ0v) is 15.6.